The summed E-state index contributed by atoms with van der Waals surface area (Å²) in [5.41, 5.74) is -0.0533. The minimum atomic E-state index is -0.0533. The number of hydrogen-bond acceptors (Lipinski definition) is 7. The van der Waals surface area contributed by atoms with Crippen molar-refractivity contribution >= 4 is 5.82 Å². The zero-order valence-corrected chi connectivity index (χ0v) is 13.5. The molecule has 1 aliphatic carbocycles. The molecular weight excluding hydrogens is 294 g/mol. The molecule has 0 N–H and O–H groups in total. The van der Waals surface area contributed by atoms with Crippen LogP contribution in [0.4, 0.5) is 5.82 Å². The van der Waals surface area contributed by atoms with Crippen molar-refractivity contribution in [2.24, 2.45) is 5.92 Å². The summed E-state index contributed by atoms with van der Waals surface area (Å²) < 4.78 is 11.2. The van der Waals surface area contributed by atoms with Gasteiger partial charge >= 0.3 is 0 Å². The van der Waals surface area contributed by atoms with Gasteiger partial charge in [0, 0.05) is 25.5 Å². The van der Waals surface area contributed by atoms with Crippen LogP contribution < -0.4 is 9.64 Å². The summed E-state index contributed by atoms with van der Waals surface area (Å²) in [7, 11) is 0. The molecule has 2 fully saturated rings. The smallest absolute Gasteiger partial charge is 0.257 e. The van der Waals surface area contributed by atoms with Crippen molar-refractivity contribution in [2.45, 2.75) is 38.5 Å². The molecule has 2 aliphatic rings. The Morgan fingerprint density at radius 1 is 1.39 bits per heavy atom. The van der Waals surface area contributed by atoms with E-state index in [2.05, 4.69) is 25.0 Å². The fourth-order valence-electron chi connectivity index (χ4n) is 4.07. The summed E-state index contributed by atoms with van der Waals surface area (Å²) in [5, 5.41) is 4.00. The molecule has 3 heterocycles. The molecule has 0 spiro atoms. The van der Waals surface area contributed by atoms with Crippen molar-refractivity contribution in [3.05, 3.63) is 24.1 Å². The van der Waals surface area contributed by atoms with Gasteiger partial charge in [-0.05, 0) is 32.6 Å². The second-order valence-corrected chi connectivity index (χ2v) is 6.39. The van der Waals surface area contributed by atoms with Crippen molar-refractivity contribution in [1.29, 1.82) is 0 Å². The first-order chi connectivity index (χ1) is 11.2. The van der Waals surface area contributed by atoms with Crippen LogP contribution in [0.2, 0.25) is 0 Å². The number of nitrogens with zero attached hydrogens (tertiary/aromatic N) is 5. The van der Waals surface area contributed by atoms with E-state index < -0.39 is 0 Å². The number of ether oxygens (including phenoxy) is 1. The lowest BCUT2D eigenvalue weighted by Crippen LogP contribution is -2.32. The van der Waals surface area contributed by atoms with Crippen LogP contribution in [-0.4, -0.2) is 39.8 Å². The lowest BCUT2D eigenvalue weighted by Gasteiger charge is -2.24. The van der Waals surface area contributed by atoms with E-state index in [1.165, 1.54) is 12.8 Å². The first-order valence-electron chi connectivity index (χ1n) is 8.22. The maximum atomic E-state index is 5.65. The molecule has 1 aliphatic heterocycles. The lowest BCUT2D eigenvalue weighted by molar-refractivity contribution is 0.265. The van der Waals surface area contributed by atoms with Gasteiger partial charge in [0.1, 0.15) is 0 Å². The lowest BCUT2D eigenvalue weighted by atomic mass is 9.80. The summed E-state index contributed by atoms with van der Waals surface area (Å²) in [6.07, 6.45) is 6.86. The molecule has 2 atom stereocenters. The van der Waals surface area contributed by atoms with Gasteiger partial charge in [-0.1, -0.05) is 11.6 Å². The summed E-state index contributed by atoms with van der Waals surface area (Å²) >= 11 is 0. The first-order valence-corrected chi connectivity index (χ1v) is 8.22. The van der Waals surface area contributed by atoms with E-state index in [1.807, 2.05) is 13.8 Å². The molecular formula is C16H21N5O2. The Kier molecular flexibility index (Phi) is 3.43. The molecule has 23 heavy (non-hydrogen) atoms. The van der Waals surface area contributed by atoms with Gasteiger partial charge in [-0.2, -0.15) is 4.98 Å². The van der Waals surface area contributed by atoms with E-state index in [9.17, 15) is 0 Å². The number of hydrogen-bond donors (Lipinski definition) is 0. The molecule has 4 rings (SSSR count). The average Bonchev–Trinajstić information content (AvgIpc) is 3.21. The molecule has 0 unspecified atom stereocenters. The fourth-order valence-corrected chi connectivity index (χ4v) is 4.07. The van der Waals surface area contributed by atoms with Crippen molar-refractivity contribution in [3.63, 3.8) is 0 Å². The highest BCUT2D eigenvalue weighted by molar-refractivity contribution is 5.51. The Labute approximate surface area is 135 Å². The third-order valence-corrected chi connectivity index (χ3v) is 5.05. The van der Waals surface area contributed by atoms with Gasteiger partial charge in [-0.15, -0.1) is 0 Å². The van der Waals surface area contributed by atoms with E-state index in [0.717, 1.165) is 31.2 Å². The van der Waals surface area contributed by atoms with Crippen molar-refractivity contribution < 1.29 is 9.26 Å². The maximum Gasteiger partial charge on any atom is 0.257 e. The molecule has 7 nitrogen and oxygen atoms in total. The molecule has 2 aromatic heterocycles. The predicted molar refractivity (Wildman–Crippen MR) is 83.5 cm³/mol. The topological polar surface area (TPSA) is 77.2 Å². The van der Waals surface area contributed by atoms with Crippen LogP contribution in [0.15, 0.2) is 16.9 Å². The van der Waals surface area contributed by atoms with Crippen LogP contribution in [0.5, 0.6) is 5.88 Å². The number of rotatable bonds is 4. The third-order valence-electron chi connectivity index (χ3n) is 5.05. The van der Waals surface area contributed by atoms with Crippen molar-refractivity contribution in [3.8, 4) is 5.88 Å². The van der Waals surface area contributed by atoms with Crippen LogP contribution in [0.1, 0.15) is 37.9 Å². The van der Waals surface area contributed by atoms with Crippen LogP contribution >= 0.6 is 0 Å². The van der Waals surface area contributed by atoms with Crippen LogP contribution in [0, 0.1) is 12.8 Å². The summed E-state index contributed by atoms with van der Waals surface area (Å²) in [6.45, 7) is 6.17. The zero-order valence-electron chi connectivity index (χ0n) is 13.5. The SMILES string of the molecule is CCOc1nccnc1N1C[C@@H]2CCC[C@]2(c2nc(C)no2)C1. The van der Waals surface area contributed by atoms with E-state index in [0.29, 0.717) is 24.2 Å². The zero-order chi connectivity index (χ0) is 15.9. The highest BCUT2D eigenvalue weighted by Gasteiger charge is 2.54. The number of anilines is 1. The standard InChI is InChI=1S/C16H21N5O2/c1-3-22-14-13(17-7-8-18-14)21-9-12-5-4-6-16(12,10-21)15-19-11(2)20-23-15/h7-8,12H,3-6,9-10H2,1-2H3/t12-,16-/m0/s1. The normalized spacial score (nSPS) is 26.5. The Bertz CT molecular complexity index is 703. The van der Waals surface area contributed by atoms with E-state index in [-0.39, 0.29) is 5.41 Å². The minimum absolute atomic E-state index is 0.0533. The maximum absolute atomic E-state index is 5.65. The molecule has 1 saturated carbocycles. The van der Waals surface area contributed by atoms with Gasteiger partial charge in [0.15, 0.2) is 11.6 Å². The van der Waals surface area contributed by atoms with Crippen molar-refractivity contribution in [1.82, 2.24) is 20.1 Å². The molecule has 122 valence electrons. The Morgan fingerprint density at radius 3 is 3.04 bits per heavy atom. The number of fused-ring (bicyclic) bond motifs is 1. The molecule has 0 bridgehead atoms. The van der Waals surface area contributed by atoms with Gasteiger partial charge in [-0.3, -0.25) is 0 Å². The number of aryl methyl sites for hydroxylation is 1. The second kappa shape index (κ2) is 5.47. The molecule has 2 aromatic rings. The van der Waals surface area contributed by atoms with Gasteiger partial charge in [0.2, 0.25) is 5.89 Å². The van der Waals surface area contributed by atoms with E-state index in [4.69, 9.17) is 9.26 Å². The van der Waals surface area contributed by atoms with Gasteiger partial charge in [-0.25, -0.2) is 9.97 Å². The van der Waals surface area contributed by atoms with Gasteiger partial charge < -0.3 is 14.2 Å². The molecule has 1 saturated heterocycles. The molecule has 7 heteroatoms. The van der Waals surface area contributed by atoms with Gasteiger partial charge in [0.05, 0.1) is 12.0 Å². The Hall–Kier alpha value is -2.18. The fraction of sp³-hybridized carbons (Fsp3) is 0.625. The van der Waals surface area contributed by atoms with Crippen LogP contribution in [0.25, 0.3) is 0 Å². The monoisotopic (exact) mass is 315 g/mol. The minimum Gasteiger partial charge on any atom is -0.475 e. The highest BCUT2D eigenvalue weighted by Crippen LogP contribution is 2.51. The Balaban J connectivity index is 1.68. The van der Waals surface area contributed by atoms with E-state index in [1.54, 1.807) is 12.4 Å². The largest absolute Gasteiger partial charge is 0.475 e. The second-order valence-electron chi connectivity index (χ2n) is 6.39. The van der Waals surface area contributed by atoms with Crippen molar-refractivity contribution in [2.75, 3.05) is 24.6 Å². The summed E-state index contributed by atoms with van der Waals surface area (Å²) in [4.78, 5) is 15.6. The predicted octanol–water partition coefficient (Wildman–Crippen LogP) is 2.12. The molecule has 0 amide bonds. The average molecular weight is 315 g/mol. The third kappa shape index (κ3) is 2.26. The van der Waals surface area contributed by atoms with Crippen LogP contribution in [0.3, 0.4) is 0 Å². The quantitative estimate of drug-likeness (QED) is 0.855. The summed E-state index contributed by atoms with van der Waals surface area (Å²) in [5.74, 6) is 3.42. The number of aromatic nitrogens is 4. The van der Waals surface area contributed by atoms with Crippen LogP contribution in [-0.2, 0) is 5.41 Å². The molecule has 0 radical (unpaired) electrons. The molecule has 0 aromatic carbocycles. The first kappa shape index (κ1) is 14.4. The van der Waals surface area contributed by atoms with Gasteiger partial charge in [0.25, 0.3) is 5.88 Å². The Morgan fingerprint density at radius 2 is 2.26 bits per heavy atom. The van der Waals surface area contributed by atoms with E-state index >= 15 is 0 Å². The summed E-state index contributed by atoms with van der Waals surface area (Å²) in [6, 6.07) is 0. The highest BCUT2D eigenvalue weighted by atomic mass is 16.5.